The fourth-order valence-electron chi connectivity index (χ4n) is 1.99. The van der Waals surface area contributed by atoms with Crippen LogP contribution in [0.1, 0.15) is 15.9 Å². The highest BCUT2D eigenvalue weighted by Crippen LogP contribution is 2.26. The van der Waals surface area contributed by atoms with E-state index in [2.05, 4.69) is 15.0 Å². The van der Waals surface area contributed by atoms with Crippen molar-refractivity contribution in [3.8, 4) is 0 Å². The number of rotatable bonds is 4. The summed E-state index contributed by atoms with van der Waals surface area (Å²) in [5, 5.41) is 12.4. The number of nitrogens with zero attached hydrogens (tertiary/aromatic N) is 1. The first kappa shape index (κ1) is 16.2. The van der Waals surface area contributed by atoms with E-state index >= 15 is 0 Å². The molecule has 2 rings (SSSR count). The molecule has 0 saturated heterocycles. The normalized spacial score (nSPS) is 12.0. The molecule has 0 unspecified atom stereocenters. The van der Waals surface area contributed by atoms with Crippen LogP contribution in [0.2, 0.25) is 5.02 Å². The van der Waals surface area contributed by atoms with Gasteiger partial charge in [0.1, 0.15) is 0 Å². The van der Waals surface area contributed by atoms with Crippen LogP contribution in [0.4, 0.5) is 0 Å². The van der Waals surface area contributed by atoms with Crippen LogP contribution in [0.3, 0.4) is 0 Å². The van der Waals surface area contributed by atoms with E-state index in [0.29, 0.717) is 10.9 Å². The Hall–Kier alpha value is -2.18. The van der Waals surface area contributed by atoms with Gasteiger partial charge >= 0.3 is 5.97 Å². The maximum absolute atomic E-state index is 12.2. The molecule has 1 heterocycles. The molecule has 0 saturated carbocycles. The van der Waals surface area contributed by atoms with E-state index in [1.807, 2.05) is 25.1 Å². The molecule has 0 radical (unpaired) electrons. The van der Waals surface area contributed by atoms with Gasteiger partial charge in [-0.15, -0.1) is 0 Å². The number of fused-ring (bicyclic) bond motifs is 1. The molecular weight excluding hydrogens is 308 g/mol. The molecule has 0 aliphatic rings. The Morgan fingerprint density at radius 1 is 1.45 bits per heavy atom. The molecule has 1 aromatic carbocycles. The fourth-order valence-corrected chi connectivity index (χ4v) is 2.28. The molecule has 6 nitrogen and oxygen atoms in total. The minimum Gasteiger partial charge on any atom is -0.467 e. The monoisotopic (exact) mass is 322 g/mol. The molecule has 0 fully saturated rings. The van der Waals surface area contributed by atoms with Crippen LogP contribution in [-0.2, 0) is 9.53 Å². The minimum absolute atomic E-state index is 0.127. The van der Waals surface area contributed by atoms with Crippen LogP contribution in [0.25, 0.3) is 10.9 Å². The molecule has 2 aromatic rings. The van der Waals surface area contributed by atoms with E-state index in [1.54, 1.807) is 0 Å². The molecule has 0 spiro atoms. The number of hydrogen-bond acceptors (Lipinski definition) is 5. The second kappa shape index (κ2) is 6.72. The fraction of sp³-hybridized carbons (Fsp3) is 0.267. The first-order valence-corrected chi connectivity index (χ1v) is 6.90. The number of nitrogens with one attached hydrogen (secondary N) is 1. The largest absolute Gasteiger partial charge is 0.467 e. The van der Waals surface area contributed by atoms with Gasteiger partial charge in [0.2, 0.25) is 0 Å². The van der Waals surface area contributed by atoms with Crippen LogP contribution in [0.15, 0.2) is 24.4 Å². The number of halogens is 1. The van der Waals surface area contributed by atoms with Crippen LogP contribution in [0.5, 0.6) is 0 Å². The average Bonchev–Trinajstić information content (AvgIpc) is 2.52. The van der Waals surface area contributed by atoms with Crippen molar-refractivity contribution < 1.29 is 19.4 Å². The summed E-state index contributed by atoms with van der Waals surface area (Å²) in [6, 6.07) is 4.38. The van der Waals surface area contributed by atoms with Gasteiger partial charge in [0.25, 0.3) is 5.91 Å². The maximum Gasteiger partial charge on any atom is 0.330 e. The molecule has 1 aromatic heterocycles. The highest BCUT2D eigenvalue weighted by molar-refractivity contribution is 6.38. The van der Waals surface area contributed by atoms with E-state index in [9.17, 15) is 9.59 Å². The van der Waals surface area contributed by atoms with Crippen molar-refractivity contribution in [1.29, 1.82) is 0 Å². The molecule has 22 heavy (non-hydrogen) atoms. The molecule has 0 bridgehead atoms. The van der Waals surface area contributed by atoms with Crippen molar-refractivity contribution in [3.63, 3.8) is 0 Å². The Kier molecular flexibility index (Phi) is 4.95. The maximum atomic E-state index is 12.2. The molecule has 2 N–H and O–H groups in total. The van der Waals surface area contributed by atoms with E-state index in [1.165, 1.54) is 13.3 Å². The molecule has 0 aliphatic heterocycles. The summed E-state index contributed by atoms with van der Waals surface area (Å²) in [4.78, 5) is 27.8. The molecule has 1 amide bonds. The number of hydrogen-bond donors (Lipinski definition) is 2. The number of carbonyl (C=O) groups excluding carboxylic acids is 2. The molecule has 0 aliphatic carbocycles. The number of carbonyl (C=O) groups is 2. The third-order valence-electron chi connectivity index (χ3n) is 3.18. The van der Waals surface area contributed by atoms with Gasteiger partial charge in [0.05, 0.1) is 29.8 Å². The van der Waals surface area contributed by atoms with Gasteiger partial charge in [-0.1, -0.05) is 23.2 Å². The SMILES string of the molecule is COC(=O)[C@H](CO)NC(=O)c1cnc2ccc(C)cc2c1Cl. The van der Waals surface area contributed by atoms with Crippen molar-refractivity contribution in [2.24, 2.45) is 0 Å². The van der Waals surface area contributed by atoms with Crippen molar-refractivity contribution in [2.45, 2.75) is 13.0 Å². The lowest BCUT2D eigenvalue weighted by Gasteiger charge is -2.14. The van der Waals surface area contributed by atoms with Gasteiger partial charge in [0, 0.05) is 11.6 Å². The molecule has 116 valence electrons. The predicted molar refractivity (Wildman–Crippen MR) is 81.8 cm³/mol. The Balaban J connectivity index is 2.36. The average molecular weight is 323 g/mol. The zero-order chi connectivity index (χ0) is 16.3. The number of pyridine rings is 1. The number of amides is 1. The smallest absolute Gasteiger partial charge is 0.330 e. The summed E-state index contributed by atoms with van der Waals surface area (Å²) in [5.41, 5.74) is 1.78. The number of ether oxygens (including phenoxy) is 1. The second-order valence-corrected chi connectivity index (χ2v) is 5.12. The number of aliphatic hydroxyl groups is 1. The van der Waals surface area contributed by atoms with Crippen molar-refractivity contribution in [1.82, 2.24) is 10.3 Å². The standard InChI is InChI=1S/C15H15ClN2O4/c1-8-3-4-11-9(5-8)13(16)10(6-17-11)14(20)18-12(7-19)15(21)22-2/h3-6,12,19H,7H2,1-2H3,(H,18,20)/t12-/m0/s1. The predicted octanol–water partition coefficient (Wildman–Crippen LogP) is 1.46. The topological polar surface area (TPSA) is 88.5 Å². The number of aliphatic hydroxyl groups excluding tert-OH is 1. The second-order valence-electron chi connectivity index (χ2n) is 4.74. The molecular formula is C15H15ClN2O4. The van der Waals surface area contributed by atoms with Crippen molar-refractivity contribution >= 4 is 34.4 Å². The summed E-state index contributed by atoms with van der Waals surface area (Å²) in [7, 11) is 1.17. The lowest BCUT2D eigenvalue weighted by molar-refractivity contribution is -0.143. The number of esters is 1. The van der Waals surface area contributed by atoms with Crippen LogP contribution in [-0.4, -0.2) is 41.7 Å². The van der Waals surface area contributed by atoms with Gasteiger partial charge in [-0.3, -0.25) is 9.78 Å². The third kappa shape index (κ3) is 3.18. The summed E-state index contributed by atoms with van der Waals surface area (Å²) >= 11 is 6.27. The van der Waals surface area contributed by atoms with Gasteiger partial charge in [-0.2, -0.15) is 0 Å². The van der Waals surface area contributed by atoms with E-state index < -0.39 is 24.5 Å². The van der Waals surface area contributed by atoms with E-state index in [4.69, 9.17) is 16.7 Å². The van der Waals surface area contributed by atoms with Gasteiger partial charge in [0.15, 0.2) is 6.04 Å². The quantitative estimate of drug-likeness (QED) is 0.832. The molecule has 7 heteroatoms. The highest BCUT2D eigenvalue weighted by atomic mass is 35.5. The zero-order valence-corrected chi connectivity index (χ0v) is 12.8. The van der Waals surface area contributed by atoms with Gasteiger partial charge in [-0.05, 0) is 19.1 Å². The summed E-state index contributed by atoms with van der Waals surface area (Å²) in [6.45, 7) is 1.33. The summed E-state index contributed by atoms with van der Waals surface area (Å²) in [5.74, 6) is -1.35. The van der Waals surface area contributed by atoms with Crippen LogP contribution >= 0.6 is 11.6 Å². The minimum atomic E-state index is -1.15. The Bertz CT molecular complexity index is 733. The van der Waals surface area contributed by atoms with Crippen LogP contribution in [0, 0.1) is 6.92 Å². The number of aromatic nitrogens is 1. The number of aryl methyl sites for hydroxylation is 1. The summed E-state index contributed by atoms with van der Waals surface area (Å²) in [6.07, 6.45) is 1.33. The van der Waals surface area contributed by atoms with Crippen molar-refractivity contribution in [3.05, 3.63) is 40.5 Å². The van der Waals surface area contributed by atoms with Gasteiger partial charge < -0.3 is 15.2 Å². The first-order valence-electron chi connectivity index (χ1n) is 6.52. The zero-order valence-electron chi connectivity index (χ0n) is 12.1. The highest BCUT2D eigenvalue weighted by Gasteiger charge is 2.23. The van der Waals surface area contributed by atoms with Gasteiger partial charge in [-0.25, -0.2) is 4.79 Å². The first-order chi connectivity index (χ1) is 10.5. The number of benzene rings is 1. The van der Waals surface area contributed by atoms with E-state index in [-0.39, 0.29) is 10.6 Å². The van der Waals surface area contributed by atoms with Crippen molar-refractivity contribution in [2.75, 3.05) is 13.7 Å². The number of methoxy groups -OCH3 is 1. The van der Waals surface area contributed by atoms with Crippen LogP contribution < -0.4 is 5.32 Å². The lowest BCUT2D eigenvalue weighted by Crippen LogP contribution is -2.44. The summed E-state index contributed by atoms with van der Waals surface area (Å²) < 4.78 is 4.49. The lowest BCUT2D eigenvalue weighted by atomic mass is 10.1. The van der Waals surface area contributed by atoms with E-state index in [0.717, 1.165) is 5.56 Å². The third-order valence-corrected chi connectivity index (χ3v) is 3.58. The Morgan fingerprint density at radius 2 is 2.18 bits per heavy atom. The Labute approximate surface area is 132 Å². The Morgan fingerprint density at radius 3 is 2.82 bits per heavy atom. The molecule has 1 atom stereocenters.